The normalized spacial score (nSPS) is 16.7. The fourth-order valence-electron chi connectivity index (χ4n) is 1.98. The van der Waals surface area contributed by atoms with Gasteiger partial charge < -0.3 is 40.8 Å². The van der Waals surface area contributed by atoms with Crippen molar-refractivity contribution in [1.29, 1.82) is 0 Å². The largest absolute Gasteiger partial charge is 1.00 e. The third-order valence-electron chi connectivity index (χ3n) is 3.41. The topological polar surface area (TPSA) is 170 Å². The molecule has 0 fully saturated rings. The summed E-state index contributed by atoms with van der Waals surface area (Å²) >= 11 is 0. The maximum Gasteiger partial charge on any atom is 1.00 e. The predicted molar refractivity (Wildman–Crippen MR) is 78.2 cm³/mol. The molecule has 1 aromatic carbocycles. The van der Waals surface area contributed by atoms with Gasteiger partial charge in [0.05, 0.1) is 18.6 Å². The number of carbonyl (C=O) groups excluding carboxylic acids is 2. The van der Waals surface area contributed by atoms with E-state index in [1.54, 1.807) is 30.3 Å². The van der Waals surface area contributed by atoms with Crippen molar-refractivity contribution >= 4 is 11.9 Å². The first-order chi connectivity index (χ1) is 11.3. The number of carboxylic acid groups (broad SMARTS) is 1. The van der Waals surface area contributed by atoms with E-state index in [1.807, 2.05) is 5.32 Å². The Morgan fingerprint density at radius 1 is 1.04 bits per heavy atom. The van der Waals surface area contributed by atoms with E-state index >= 15 is 0 Å². The van der Waals surface area contributed by atoms with Crippen molar-refractivity contribution in [3.63, 3.8) is 0 Å². The molecule has 6 N–H and O–H groups in total. The maximum atomic E-state index is 11.8. The Balaban J connectivity index is 0.00000576. The first-order valence-corrected chi connectivity index (χ1v) is 7.16. The van der Waals surface area contributed by atoms with E-state index in [-0.39, 0.29) is 36.0 Å². The number of aliphatic carboxylic acids is 1. The summed E-state index contributed by atoms with van der Waals surface area (Å²) in [5.74, 6) is -2.86. The number of amides is 1. The van der Waals surface area contributed by atoms with Crippen LogP contribution in [0.15, 0.2) is 30.3 Å². The van der Waals surface area contributed by atoms with Crippen LogP contribution in [-0.2, 0) is 16.0 Å². The molecule has 10 heteroatoms. The first kappa shape index (κ1) is 24.0. The number of hydrogen-bond acceptors (Lipinski definition) is 8. The molecule has 0 aliphatic rings. The van der Waals surface area contributed by atoms with Gasteiger partial charge in [-0.1, -0.05) is 30.3 Å². The first-order valence-electron chi connectivity index (χ1n) is 7.16. The molecule has 0 radical (unpaired) electrons. The zero-order chi connectivity index (χ0) is 18.3. The van der Waals surface area contributed by atoms with Crippen molar-refractivity contribution in [1.82, 2.24) is 5.32 Å². The molecule has 9 nitrogen and oxygen atoms in total. The summed E-state index contributed by atoms with van der Waals surface area (Å²) in [4.78, 5) is 23.0. The molecule has 1 aromatic rings. The van der Waals surface area contributed by atoms with E-state index in [2.05, 4.69) is 0 Å². The molecule has 0 aliphatic carbocycles. The zero-order valence-electron chi connectivity index (χ0n) is 13.6. The number of carboxylic acids is 1. The molecule has 0 aromatic heterocycles. The molecule has 0 spiro atoms. The van der Waals surface area contributed by atoms with E-state index in [0.717, 1.165) is 0 Å². The molecular weight excluding hydrogens is 345 g/mol. The molecule has 25 heavy (non-hydrogen) atoms. The molecule has 134 valence electrons. The van der Waals surface area contributed by atoms with Gasteiger partial charge in [-0.25, -0.2) is 0 Å². The van der Waals surface area contributed by atoms with E-state index in [4.69, 9.17) is 5.11 Å². The van der Waals surface area contributed by atoms with E-state index < -0.39 is 48.9 Å². The average molecular weight is 365 g/mol. The molecule has 1 rings (SSSR count). The number of aliphatic hydroxyl groups is 5. The smallest absolute Gasteiger partial charge is 0.548 e. The molecule has 5 unspecified atom stereocenters. The third kappa shape index (κ3) is 7.38. The minimum absolute atomic E-state index is 0. The molecule has 0 saturated heterocycles. The van der Waals surface area contributed by atoms with Gasteiger partial charge in [0.1, 0.15) is 18.3 Å². The average Bonchev–Trinajstić information content (AvgIpc) is 2.59. The number of nitrogens with one attached hydrogen (secondary N) is 1. The van der Waals surface area contributed by atoms with E-state index in [0.29, 0.717) is 5.56 Å². The number of carbonyl (C=O) groups is 2. The summed E-state index contributed by atoms with van der Waals surface area (Å²) in [6.07, 6.45) is -8.21. The number of benzene rings is 1. The number of rotatable bonds is 9. The van der Waals surface area contributed by atoms with Crippen LogP contribution in [0.4, 0.5) is 0 Å². The molecular formula is C15H20NNaO8. The second-order valence-electron chi connectivity index (χ2n) is 5.25. The van der Waals surface area contributed by atoms with Crippen LogP contribution in [0.5, 0.6) is 0 Å². The van der Waals surface area contributed by atoms with Crippen LogP contribution in [0.2, 0.25) is 0 Å². The fraction of sp³-hybridized carbons (Fsp3) is 0.467. The van der Waals surface area contributed by atoms with E-state index in [9.17, 15) is 35.1 Å². The Hall–Kier alpha value is -1.04. The summed E-state index contributed by atoms with van der Waals surface area (Å²) in [7, 11) is 0. The summed E-state index contributed by atoms with van der Waals surface area (Å²) in [6, 6.07) is 6.87. The summed E-state index contributed by atoms with van der Waals surface area (Å²) in [5.41, 5.74) is 0.595. The Bertz CT molecular complexity index is 544. The van der Waals surface area contributed by atoms with Gasteiger partial charge in [-0.2, -0.15) is 0 Å². The van der Waals surface area contributed by atoms with Gasteiger partial charge >= 0.3 is 29.6 Å². The Morgan fingerprint density at radius 3 is 2.08 bits per heavy atom. The predicted octanol–water partition coefficient (Wildman–Crippen LogP) is -7.10. The maximum absolute atomic E-state index is 11.8. The van der Waals surface area contributed by atoms with Crippen LogP contribution in [0, 0.1) is 0 Å². The molecule has 1 amide bonds. The van der Waals surface area contributed by atoms with E-state index in [1.165, 1.54) is 0 Å². The van der Waals surface area contributed by atoms with Crippen LogP contribution in [0.1, 0.15) is 5.56 Å². The second kappa shape index (κ2) is 11.6. The van der Waals surface area contributed by atoms with Crippen LogP contribution in [-0.4, -0.2) is 74.5 Å². The van der Waals surface area contributed by atoms with Gasteiger partial charge in [-0.3, -0.25) is 4.79 Å². The minimum Gasteiger partial charge on any atom is -0.548 e. The van der Waals surface area contributed by atoms with Crippen molar-refractivity contribution < 1.29 is 69.8 Å². The summed E-state index contributed by atoms with van der Waals surface area (Å²) < 4.78 is 0. The van der Waals surface area contributed by atoms with Crippen molar-refractivity contribution in [3.05, 3.63) is 35.9 Å². The monoisotopic (exact) mass is 365 g/mol. The van der Waals surface area contributed by atoms with Crippen molar-refractivity contribution in [2.24, 2.45) is 0 Å². The molecule has 0 heterocycles. The quantitative estimate of drug-likeness (QED) is 0.234. The van der Waals surface area contributed by atoms with Gasteiger partial charge in [-0.05, 0) is 12.0 Å². The molecule has 5 atom stereocenters. The second-order valence-corrected chi connectivity index (χ2v) is 5.25. The number of hydrogen-bond donors (Lipinski definition) is 6. The SMILES string of the molecule is O=C([O-])C(Cc1ccccc1)NC(=O)C(O)C(O)C(O)C(O)CO.[Na+]. The van der Waals surface area contributed by atoms with Crippen molar-refractivity contribution in [2.75, 3.05) is 6.61 Å². The van der Waals surface area contributed by atoms with Gasteiger partial charge in [0.25, 0.3) is 5.91 Å². The summed E-state index contributed by atoms with van der Waals surface area (Å²) in [5, 5.41) is 59.7. The van der Waals surface area contributed by atoms with Gasteiger partial charge in [0.2, 0.25) is 0 Å². The number of aliphatic hydroxyl groups excluding tert-OH is 5. The Labute approximate surface area is 166 Å². The van der Waals surface area contributed by atoms with Gasteiger partial charge in [0, 0.05) is 0 Å². The fourth-order valence-corrected chi connectivity index (χ4v) is 1.98. The van der Waals surface area contributed by atoms with Crippen LogP contribution < -0.4 is 40.0 Å². The van der Waals surface area contributed by atoms with Crippen molar-refractivity contribution in [2.45, 2.75) is 36.9 Å². The van der Waals surface area contributed by atoms with Crippen LogP contribution in [0.25, 0.3) is 0 Å². The van der Waals surface area contributed by atoms with Gasteiger partial charge in [-0.15, -0.1) is 0 Å². The van der Waals surface area contributed by atoms with Crippen LogP contribution in [0.3, 0.4) is 0 Å². The molecule has 0 bridgehead atoms. The molecule has 0 aliphatic heterocycles. The standard InChI is InChI=1S/C15H21NO8.Na/c17-7-10(18)11(19)12(20)13(21)14(22)16-9(15(23)24)6-8-4-2-1-3-5-8;/h1-5,9-13,17-21H,6-7H2,(H,16,22)(H,23,24);/q;+1/p-1. The third-order valence-corrected chi connectivity index (χ3v) is 3.41. The van der Waals surface area contributed by atoms with Gasteiger partial charge in [0.15, 0.2) is 6.10 Å². The summed E-state index contributed by atoms with van der Waals surface area (Å²) in [6.45, 7) is -0.901. The Kier molecular flexibility index (Phi) is 11.1. The Morgan fingerprint density at radius 2 is 1.60 bits per heavy atom. The van der Waals surface area contributed by atoms with Crippen LogP contribution >= 0.6 is 0 Å². The minimum atomic E-state index is -2.21. The molecule has 0 saturated carbocycles. The zero-order valence-corrected chi connectivity index (χ0v) is 15.6. The van der Waals surface area contributed by atoms with Crippen molar-refractivity contribution in [3.8, 4) is 0 Å².